The second kappa shape index (κ2) is 7.63. The minimum Gasteiger partial charge on any atom is -0.457 e. The fourth-order valence-electron chi connectivity index (χ4n) is 2.69. The first kappa shape index (κ1) is 16.7. The molecule has 0 spiro atoms. The lowest BCUT2D eigenvalue weighted by Gasteiger charge is -2.10. The topological polar surface area (TPSA) is 44.4 Å². The Morgan fingerprint density at radius 3 is 2.15 bits per heavy atom. The highest BCUT2D eigenvalue weighted by Crippen LogP contribution is 2.30. The summed E-state index contributed by atoms with van der Waals surface area (Å²) in [4.78, 5) is 8.86. The van der Waals surface area contributed by atoms with Crippen LogP contribution in [0.25, 0.3) is 4.85 Å². The van der Waals surface area contributed by atoms with Gasteiger partial charge in [0.15, 0.2) is 11.8 Å². The quantitative estimate of drug-likeness (QED) is 0.548. The lowest BCUT2D eigenvalue weighted by atomic mass is 10.1. The van der Waals surface area contributed by atoms with Crippen LogP contribution in [0.1, 0.15) is 18.1 Å². The number of oxime groups is 1. The van der Waals surface area contributed by atoms with E-state index in [4.69, 9.17) is 20.9 Å². The molecule has 0 saturated heterocycles. The van der Waals surface area contributed by atoms with Gasteiger partial charge in [-0.2, -0.15) is 0 Å². The first-order chi connectivity index (χ1) is 13.3. The van der Waals surface area contributed by atoms with Crippen molar-refractivity contribution in [2.75, 3.05) is 0 Å². The van der Waals surface area contributed by atoms with Gasteiger partial charge in [-0.25, -0.2) is 4.85 Å². The van der Waals surface area contributed by atoms with Gasteiger partial charge in [-0.15, -0.1) is 0 Å². The van der Waals surface area contributed by atoms with Crippen molar-refractivity contribution < 1.29 is 14.3 Å². The fraction of sp³-hybridized carbons (Fsp3) is 0.0909. The van der Waals surface area contributed by atoms with E-state index in [9.17, 15) is 0 Å². The van der Waals surface area contributed by atoms with Gasteiger partial charge in [0.05, 0.1) is 13.0 Å². The maximum atomic E-state index is 6.97. The molecule has 0 aliphatic carbocycles. The molecule has 3 aromatic carbocycles. The molecule has 1 atom stereocenters. The van der Waals surface area contributed by atoms with Crippen molar-refractivity contribution in [1.29, 1.82) is 0 Å². The highest BCUT2D eigenvalue weighted by atomic mass is 16.7. The van der Waals surface area contributed by atoms with Gasteiger partial charge in [0.25, 0.3) is 0 Å². The van der Waals surface area contributed by atoms with Gasteiger partial charge in [0, 0.05) is 0 Å². The Balaban J connectivity index is 1.35. The van der Waals surface area contributed by atoms with Gasteiger partial charge in [0.2, 0.25) is 5.90 Å². The number of nitrogens with zero attached hydrogens (tertiary/aromatic N) is 2. The molecule has 5 nitrogen and oxygen atoms in total. The molecule has 1 aliphatic heterocycles. The van der Waals surface area contributed by atoms with Crippen LogP contribution in [-0.2, 0) is 4.84 Å². The monoisotopic (exact) mass is 356 g/mol. The van der Waals surface area contributed by atoms with Crippen molar-refractivity contribution in [2.24, 2.45) is 5.16 Å². The SMILES string of the molecule is [C-]#[N+]c1ccc(OC2=NO[C@H](c3ccc(Oc4ccccc4)cc3)C2)cc1. The average molecular weight is 356 g/mol. The maximum absolute atomic E-state index is 6.97. The van der Waals surface area contributed by atoms with Gasteiger partial charge in [-0.1, -0.05) is 47.6 Å². The zero-order valence-corrected chi connectivity index (χ0v) is 14.4. The van der Waals surface area contributed by atoms with Gasteiger partial charge in [-0.05, 0) is 42.0 Å². The largest absolute Gasteiger partial charge is 0.457 e. The third-order valence-electron chi connectivity index (χ3n) is 4.07. The van der Waals surface area contributed by atoms with Crippen LogP contribution in [0.3, 0.4) is 0 Å². The Morgan fingerprint density at radius 2 is 1.44 bits per heavy atom. The summed E-state index contributed by atoms with van der Waals surface area (Å²) in [5, 5.41) is 4.02. The summed E-state index contributed by atoms with van der Waals surface area (Å²) in [5.41, 5.74) is 1.57. The Labute approximate surface area is 157 Å². The van der Waals surface area contributed by atoms with Crippen molar-refractivity contribution in [3.63, 3.8) is 0 Å². The molecule has 0 bridgehead atoms. The van der Waals surface area contributed by atoms with Crippen LogP contribution < -0.4 is 9.47 Å². The third-order valence-corrected chi connectivity index (χ3v) is 4.07. The highest BCUT2D eigenvalue weighted by molar-refractivity contribution is 5.80. The maximum Gasteiger partial charge on any atom is 0.235 e. The van der Waals surface area contributed by atoms with Gasteiger partial charge in [0.1, 0.15) is 17.2 Å². The Morgan fingerprint density at radius 1 is 0.815 bits per heavy atom. The van der Waals surface area contributed by atoms with E-state index in [1.807, 2.05) is 54.6 Å². The number of hydrogen-bond donors (Lipinski definition) is 0. The lowest BCUT2D eigenvalue weighted by molar-refractivity contribution is 0.0855. The van der Waals surface area contributed by atoms with Crippen LogP contribution in [-0.4, -0.2) is 5.90 Å². The summed E-state index contributed by atoms with van der Waals surface area (Å²) < 4.78 is 11.5. The zero-order chi connectivity index (χ0) is 18.5. The van der Waals surface area contributed by atoms with E-state index in [2.05, 4.69) is 10.0 Å². The molecule has 5 heteroatoms. The minimum absolute atomic E-state index is 0.187. The molecule has 132 valence electrons. The summed E-state index contributed by atoms with van der Waals surface area (Å²) in [5.74, 6) is 2.71. The van der Waals surface area contributed by atoms with Crippen molar-refractivity contribution in [3.05, 3.63) is 95.8 Å². The lowest BCUT2D eigenvalue weighted by Crippen LogP contribution is -2.07. The normalized spacial score (nSPS) is 15.4. The van der Waals surface area contributed by atoms with E-state index in [0.29, 0.717) is 23.8 Å². The smallest absolute Gasteiger partial charge is 0.235 e. The van der Waals surface area contributed by atoms with E-state index >= 15 is 0 Å². The number of rotatable bonds is 4. The molecular formula is C22H16N2O3. The molecule has 0 radical (unpaired) electrons. The Hall–Kier alpha value is -3.78. The highest BCUT2D eigenvalue weighted by Gasteiger charge is 2.24. The van der Waals surface area contributed by atoms with E-state index in [1.165, 1.54) is 0 Å². The van der Waals surface area contributed by atoms with Gasteiger partial charge < -0.3 is 14.3 Å². The standard InChI is InChI=1S/C22H16N2O3/c1-23-17-9-13-20(14-10-17)26-22-15-21(27-24-22)16-7-11-19(12-8-16)25-18-5-3-2-4-6-18/h2-14,21H,15H2/t21-/m0/s1. The second-order valence-electron chi connectivity index (χ2n) is 5.98. The van der Waals surface area contributed by atoms with E-state index < -0.39 is 0 Å². The minimum atomic E-state index is -0.187. The number of hydrogen-bond acceptors (Lipinski definition) is 4. The molecular weight excluding hydrogens is 340 g/mol. The molecule has 0 unspecified atom stereocenters. The molecule has 1 heterocycles. The number of benzene rings is 3. The molecule has 0 amide bonds. The summed E-state index contributed by atoms with van der Waals surface area (Å²) in [7, 11) is 0. The Bertz CT molecular complexity index is 975. The summed E-state index contributed by atoms with van der Waals surface area (Å²) in [6, 6.07) is 24.3. The van der Waals surface area contributed by atoms with Crippen LogP contribution in [0.4, 0.5) is 5.69 Å². The molecule has 0 N–H and O–H groups in total. The van der Waals surface area contributed by atoms with E-state index in [-0.39, 0.29) is 6.10 Å². The molecule has 1 aliphatic rings. The zero-order valence-electron chi connectivity index (χ0n) is 14.4. The van der Waals surface area contributed by atoms with Gasteiger partial charge in [-0.3, -0.25) is 0 Å². The summed E-state index contributed by atoms with van der Waals surface area (Å²) in [6.45, 7) is 6.97. The number of para-hydroxylation sites is 1. The first-order valence-electron chi connectivity index (χ1n) is 8.51. The average Bonchev–Trinajstić information content (AvgIpc) is 3.18. The first-order valence-corrected chi connectivity index (χ1v) is 8.51. The van der Waals surface area contributed by atoms with E-state index in [0.717, 1.165) is 17.1 Å². The van der Waals surface area contributed by atoms with Crippen LogP contribution in [0.2, 0.25) is 0 Å². The summed E-state index contributed by atoms with van der Waals surface area (Å²) in [6.07, 6.45) is 0.358. The molecule has 0 saturated carbocycles. The predicted octanol–water partition coefficient (Wildman–Crippen LogP) is 5.88. The number of ether oxygens (including phenoxy) is 2. The van der Waals surface area contributed by atoms with Crippen LogP contribution in [0.5, 0.6) is 17.2 Å². The molecule has 0 fully saturated rings. The predicted molar refractivity (Wildman–Crippen MR) is 102 cm³/mol. The molecule has 4 rings (SSSR count). The second-order valence-corrected chi connectivity index (χ2v) is 5.98. The summed E-state index contributed by atoms with van der Waals surface area (Å²) >= 11 is 0. The van der Waals surface area contributed by atoms with Crippen LogP contribution in [0.15, 0.2) is 84.0 Å². The molecule has 3 aromatic rings. The van der Waals surface area contributed by atoms with Crippen molar-refractivity contribution in [3.8, 4) is 17.2 Å². The van der Waals surface area contributed by atoms with Crippen molar-refractivity contribution >= 4 is 11.6 Å². The van der Waals surface area contributed by atoms with Crippen molar-refractivity contribution in [1.82, 2.24) is 0 Å². The Kier molecular flexibility index (Phi) is 4.71. The van der Waals surface area contributed by atoms with E-state index in [1.54, 1.807) is 24.3 Å². The molecule has 27 heavy (non-hydrogen) atoms. The fourth-order valence-corrected chi connectivity index (χ4v) is 2.69. The third kappa shape index (κ3) is 4.07. The van der Waals surface area contributed by atoms with Crippen molar-refractivity contribution in [2.45, 2.75) is 12.5 Å². The van der Waals surface area contributed by atoms with Gasteiger partial charge >= 0.3 is 0 Å². The molecule has 0 aromatic heterocycles. The van der Waals surface area contributed by atoms with Crippen LogP contribution in [0, 0.1) is 6.57 Å². The van der Waals surface area contributed by atoms with Crippen LogP contribution >= 0.6 is 0 Å².